The number of halogens is 2. The lowest BCUT2D eigenvalue weighted by molar-refractivity contribution is 0.730. The van der Waals surface area contributed by atoms with E-state index in [0.29, 0.717) is 16.6 Å². The summed E-state index contributed by atoms with van der Waals surface area (Å²) in [6.45, 7) is 2.40. The van der Waals surface area contributed by atoms with Crippen molar-refractivity contribution in [2.24, 2.45) is 0 Å². The SMILES string of the molecule is Cc1cccc(=O)n1Cc1ccc(Cl)c(Cl)c1. The highest BCUT2D eigenvalue weighted by atomic mass is 35.5. The predicted octanol–water partition coefficient (Wildman–Crippen LogP) is 3.51. The Kier molecular flexibility index (Phi) is 3.55. The van der Waals surface area contributed by atoms with Crippen molar-refractivity contribution in [3.05, 3.63) is 68.1 Å². The molecular weight excluding hydrogens is 257 g/mol. The Morgan fingerprint density at radius 3 is 2.53 bits per heavy atom. The molecule has 0 aliphatic heterocycles. The van der Waals surface area contributed by atoms with Crippen molar-refractivity contribution in [1.29, 1.82) is 0 Å². The van der Waals surface area contributed by atoms with Gasteiger partial charge in [-0.15, -0.1) is 0 Å². The van der Waals surface area contributed by atoms with Gasteiger partial charge in [0.25, 0.3) is 5.56 Å². The van der Waals surface area contributed by atoms with Gasteiger partial charge in [-0.05, 0) is 30.7 Å². The van der Waals surface area contributed by atoms with Gasteiger partial charge in [-0.1, -0.05) is 35.3 Å². The van der Waals surface area contributed by atoms with Crippen LogP contribution in [-0.2, 0) is 6.54 Å². The van der Waals surface area contributed by atoms with Crippen molar-refractivity contribution in [2.45, 2.75) is 13.5 Å². The van der Waals surface area contributed by atoms with Crippen LogP contribution in [0.25, 0.3) is 0 Å². The molecule has 0 aliphatic rings. The van der Waals surface area contributed by atoms with Crippen LogP contribution in [0.3, 0.4) is 0 Å². The Balaban J connectivity index is 2.38. The molecule has 1 aromatic carbocycles. The van der Waals surface area contributed by atoms with Gasteiger partial charge < -0.3 is 4.57 Å². The minimum Gasteiger partial charge on any atom is -0.309 e. The molecule has 2 aromatic rings. The van der Waals surface area contributed by atoms with Gasteiger partial charge >= 0.3 is 0 Å². The van der Waals surface area contributed by atoms with Crippen molar-refractivity contribution < 1.29 is 0 Å². The molecule has 17 heavy (non-hydrogen) atoms. The summed E-state index contributed by atoms with van der Waals surface area (Å²) in [6.07, 6.45) is 0. The fourth-order valence-electron chi connectivity index (χ4n) is 1.65. The Morgan fingerprint density at radius 2 is 1.88 bits per heavy atom. The normalized spacial score (nSPS) is 10.5. The fraction of sp³-hybridized carbons (Fsp3) is 0.154. The second-order valence-electron chi connectivity index (χ2n) is 3.84. The van der Waals surface area contributed by atoms with Crippen molar-refractivity contribution in [2.75, 3.05) is 0 Å². The smallest absolute Gasteiger partial charge is 0.251 e. The molecule has 0 fully saturated rings. The molecule has 2 rings (SSSR count). The third-order valence-electron chi connectivity index (χ3n) is 2.59. The lowest BCUT2D eigenvalue weighted by atomic mass is 10.2. The molecule has 1 heterocycles. The van der Waals surface area contributed by atoms with Gasteiger partial charge in [0.1, 0.15) is 0 Å². The van der Waals surface area contributed by atoms with Gasteiger partial charge in [0, 0.05) is 11.8 Å². The Hall–Kier alpha value is -1.25. The molecule has 4 heteroatoms. The highest BCUT2D eigenvalue weighted by Gasteiger charge is 2.03. The van der Waals surface area contributed by atoms with Gasteiger partial charge in [0.2, 0.25) is 0 Å². The van der Waals surface area contributed by atoms with Gasteiger partial charge in [0.15, 0.2) is 0 Å². The average Bonchev–Trinajstić information content (AvgIpc) is 2.28. The highest BCUT2D eigenvalue weighted by molar-refractivity contribution is 6.42. The molecule has 0 unspecified atom stereocenters. The van der Waals surface area contributed by atoms with Crippen molar-refractivity contribution in [1.82, 2.24) is 4.57 Å². The molecule has 0 saturated heterocycles. The van der Waals surface area contributed by atoms with Crippen LogP contribution < -0.4 is 5.56 Å². The summed E-state index contributed by atoms with van der Waals surface area (Å²) in [7, 11) is 0. The number of aryl methyl sites for hydroxylation is 1. The summed E-state index contributed by atoms with van der Waals surface area (Å²) in [4.78, 5) is 11.7. The number of hydrogen-bond donors (Lipinski definition) is 0. The van der Waals surface area contributed by atoms with E-state index in [4.69, 9.17) is 23.2 Å². The molecule has 0 radical (unpaired) electrons. The third kappa shape index (κ3) is 2.71. The fourth-order valence-corrected chi connectivity index (χ4v) is 1.97. The Bertz CT molecular complexity index is 605. The van der Waals surface area contributed by atoms with E-state index >= 15 is 0 Å². The first kappa shape index (κ1) is 12.2. The predicted molar refractivity (Wildman–Crippen MR) is 71.0 cm³/mol. The molecular formula is C13H11Cl2NO. The maximum Gasteiger partial charge on any atom is 0.251 e. The summed E-state index contributed by atoms with van der Waals surface area (Å²) < 4.78 is 1.69. The summed E-state index contributed by atoms with van der Waals surface area (Å²) >= 11 is 11.8. The van der Waals surface area contributed by atoms with E-state index in [0.717, 1.165) is 11.3 Å². The van der Waals surface area contributed by atoms with E-state index in [1.165, 1.54) is 0 Å². The van der Waals surface area contributed by atoms with Crippen LogP contribution in [0.1, 0.15) is 11.3 Å². The van der Waals surface area contributed by atoms with Crippen LogP contribution in [-0.4, -0.2) is 4.57 Å². The minimum absolute atomic E-state index is 0.0175. The van der Waals surface area contributed by atoms with Crippen LogP contribution in [0, 0.1) is 6.92 Å². The molecule has 0 amide bonds. The highest BCUT2D eigenvalue weighted by Crippen LogP contribution is 2.22. The zero-order chi connectivity index (χ0) is 12.4. The van der Waals surface area contributed by atoms with Crippen molar-refractivity contribution in [3.8, 4) is 0 Å². The Labute approximate surface area is 109 Å². The molecule has 0 saturated carbocycles. The number of pyridine rings is 1. The molecule has 0 N–H and O–H groups in total. The number of benzene rings is 1. The van der Waals surface area contributed by atoms with Crippen LogP contribution >= 0.6 is 23.2 Å². The standard InChI is InChI=1S/C13H11Cl2NO/c1-9-3-2-4-13(17)16(9)8-10-5-6-11(14)12(15)7-10/h2-7H,8H2,1H3. The second-order valence-corrected chi connectivity index (χ2v) is 4.65. The van der Waals surface area contributed by atoms with Crippen LogP contribution in [0.2, 0.25) is 10.0 Å². The first-order chi connectivity index (χ1) is 8.08. The molecule has 2 nitrogen and oxygen atoms in total. The van der Waals surface area contributed by atoms with E-state index in [2.05, 4.69) is 0 Å². The number of rotatable bonds is 2. The minimum atomic E-state index is -0.0175. The van der Waals surface area contributed by atoms with E-state index < -0.39 is 0 Å². The maximum absolute atomic E-state index is 11.7. The molecule has 88 valence electrons. The summed E-state index contributed by atoms with van der Waals surface area (Å²) in [5.74, 6) is 0. The zero-order valence-corrected chi connectivity index (χ0v) is 10.8. The van der Waals surface area contributed by atoms with Crippen molar-refractivity contribution in [3.63, 3.8) is 0 Å². The number of hydrogen-bond acceptors (Lipinski definition) is 1. The van der Waals surface area contributed by atoms with Gasteiger partial charge in [0.05, 0.1) is 16.6 Å². The number of aromatic nitrogens is 1. The van der Waals surface area contributed by atoms with Gasteiger partial charge in [-0.25, -0.2) is 0 Å². The first-order valence-electron chi connectivity index (χ1n) is 5.18. The maximum atomic E-state index is 11.7. The van der Waals surface area contributed by atoms with Gasteiger partial charge in [-0.3, -0.25) is 4.79 Å². The first-order valence-corrected chi connectivity index (χ1v) is 5.94. The molecule has 0 spiro atoms. The third-order valence-corrected chi connectivity index (χ3v) is 3.33. The van der Waals surface area contributed by atoms with Crippen molar-refractivity contribution >= 4 is 23.2 Å². The lowest BCUT2D eigenvalue weighted by Gasteiger charge is -2.09. The van der Waals surface area contributed by atoms with Crippen LogP contribution in [0.4, 0.5) is 0 Å². The molecule has 0 bridgehead atoms. The molecule has 1 aromatic heterocycles. The van der Waals surface area contributed by atoms with E-state index in [9.17, 15) is 4.79 Å². The van der Waals surface area contributed by atoms with Crippen LogP contribution in [0.5, 0.6) is 0 Å². The topological polar surface area (TPSA) is 22.0 Å². The molecule has 0 atom stereocenters. The molecule has 0 aliphatic carbocycles. The van der Waals surface area contributed by atoms with E-state index in [1.54, 1.807) is 28.8 Å². The second kappa shape index (κ2) is 4.94. The quantitative estimate of drug-likeness (QED) is 0.816. The monoisotopic (exact) mass is 267 g/mol. The zero-order valence-electron chi connectivity index (χ0n) is 9.28. The number of nitrogens with zero attached hydrogens (tertiary/aromatic N) is 1. The van der Waals surface area contributed by atoms with Crippen LogP contribution in [0.15, 0.2) is 41.2 Å². The van der Waals surface area contributed by atoms with Gasteiger partial charge in [-0.2, -0.15) is 0 Å². The Morgan fingerprint density at radius 1 is 1.12 bits per heavy atom. The average molecular weight is 268 g/mol. The summed E-state index contributed by atoms with van der Waals surface area (Å²) in [6, 6.07) is 10.6. The summed E-state index contributed by atoms with van der Waals surface area (Å²) in [5.41, 5.74) is 1.86. The van der Waals surface area contributed by atoms with E-state index in [-0.39, 0.29) is 5.56 Å². The largest absolute Gasteiger partial charge is 0.309 e. The summed E-state index contributed by atoms with van der Waals surface area (Å²) in [5, 5.41) is 1.03. The van der Waals surface area contributed by atoms with E-state index in [1.807, 2.05) is 19.1 Å². The lowest BCUT2D eigenvalue weighted by Crippen LogP contribution is -2.21.